The molecule has 0 aromatic heterocycles. The van der Waals surface area contributed by atoms with Crippen molar-refractivity contribution >= 4 is 35.6 Å². The van der Waals surface area contributed by atoms with Crippen LogP contribution in [0.2, 0.25) is 0 Å². The van der Waals surface area contributed by atoms with Crippen molar-refractivity contribution in [3.8, 4) is 0 Å². The Bertz CT molecular complexity index is 472. The molecule has 1 aliphatic rings. The summed E-state index contributed by atoms with van der Waals surface area (Å²) in [5.41, 5.74) is 8.61. The summed E-state index contributed by atoms with van der Waals surface area (Å²) in [4.78, 5) is 4.49. The molecular formula is C16H26IN3O. The number of hydrogen-bond donors (Lipinski definition) is 2. The molecule has 4 nitrogen and oxygen atoms in total. The van der Waals surface area contributed by atoms with Crippen molar-refractivity contribution < 1.29 is 4.74 Å². The van der Waals surface area contributed by atoms with Gasteiger partial charge in [0, 0.05) is 25.9 Å². The van der Waals surface area contributed by atoms with Crippen LogP contribution in [0.15, 0.2) is 29.3 Å². The van der Waals surface area contributed by atoms with E-state index in [-0.39, 0.29) is 24.0 Å². The molecule has 21 heavy (non-hydrogen) atoms. The highest BCUT2D eigenvalue weighted by Crippen LogP contribution is 2.48. The van der Waals surface area contributed by atoms with Crippen LogP contribution in [0.4, 0.5) is 5.69 Å². The van der Waals surface area contributed by atoms with Gasteiger partial charge in [-0.05, 0) is 48.8 Å². The second kappa shape index (κ2) is 8.58. The lowest BCUT2D eigenvalue weighted by molar-refractivity contribution is 0.174. The lowest BCUT2D eigenvalue weighted by Gasteiger charge is -2.12. The smallest absolute Gasteiger partial charge is 0.193 e. The number of nitrogens with two attached hydrogens (primary N) is 1. The topological polar surface area (TPSA) is 59.6 Å². The Kier molecular flexibility index (Phi) is 7.45. The molecule has 5 heteroatoms. The van der Waals surface area contributed by atoms with Gasteiger partial charge in [0.05, 0.1) is 0 Å². The van der Waals surface area contributed by atoms with E-state index >= 15 is 0 Å². The van der Waals surface area contributed by atoms with Crippen LogP contribution in [-0.4, -0.2) is 26.2 Å². The number of halogens is 1. The summed E-state index contributed by atoms with van der Waals surface area (Å²) in [5, 5.41) is 3.17. The van der Waals surface area contributed by atoms with E-state index in [0.717, 1.165) is 31.7 Å². The molecule has 1 saturated carbocycles. The minimum Gasteiger partial charge on any atom is -0.385 e. The normalized spacial score (nSPS) is 16.2. The molecule has 0 unspecified atom stereocenters. The standard InChI is InChI=1S/C16H25N3O.HI/c1-3-13-5-4-6-14(11-13)19-15(17)18-12-16(7-8-16)9-10-20-2;/h4-6,11H,3,7-10,12H2,1-2H3,(H3,17,18,19);1H. The Labute approximate surface area is 144 Å². The molecular weight excluding hydrogens is 377 g/mol. The van der Waals surface area contributed by atoms with Gasteiger partial charge in [-0.2, -0.15) is 0 Å². The first-order valence-electron chi connectivity index (χ1n) is 7.32. The van der Waals surface area contributed by atoms with Crippen LogP contribution in [0.25, 0.3) is 0 Å². The van der Waals surface area contributed by atoms with Gasteiger partial charge in [-0.15, -0.1) is 24.0 Å². The van der Waals surface area contributed by atoms with Crippen molar-refractivity contribution in [2.45, 2.75) is 32.6 Å². The first-order valence-corrected chi connectivity index (χ1v) is 7.32. The van der Waals surface area contributed by atoms with Crippen LogP contribution in [0.5, 0.6) is 0 Å². The third-order valence-electron chi connectivity index (χ3n) is 3.99. The SMILES string of the molecule is CCc1cccc(NC(N)=NCC2(CCOC)CC2)c1.I. The van der Waals surface area contributed by atoms with Gasteiger partial charge in [0.15, 0.2) is 5.96 Å². The zero-order valence-corrected chi connectivity index (χ0v) is 15.2. The summed E-state index contributed by atoms with van der Waals surface area (Å²) in [6.45, 7) is 3.74. The maximum absolute atomic E-state index is 5.97. The highest BCUT2D eigenvalue weighted by atomic mass is 127. The average molecular weight is 403 g/mol. The average Bonchev–Trinajstić information content (AvgIpc) is 3.24. The van der Waals surface area contributed by atoms with Gasteiger partial charge < -0.3 is 15.8 Å². The van der Waals surface area contributed by atoms with Crippen molar-refractivity contribution in [2.24, 2.45) is 16.1 Å². The zero-order chi connectivity index (χ0) is 14.4. The van der Waals surface area contributed by atoms with E-state index in [0.29, 0.717) is 11.4 Å². The monoisotopic (exact) mass is 403 g/mol. The van der Waals surface area contributed by atoms with Crippen LogP contribution >= 0.6 is 24.0 Å². The number of nitrogens with zero attached hydrogens (tertiary/aromatic N) is 1. The van der Waals surface area contributed by atoms with E-state index in [2.05, 4.69) is 29.4 Å². The molecule has 0 bridgehead atoms. The largest absolute Gasteiger partial charge is 0.385 e. The highest BCUT2D eigenvalue weighted by molar-refractivity contribution is 14.0. The second-order valence-electron chi connectivity index (χ2n) is 5.62. The number of aliphatic imine (C=N–C) groups is 1. The van der Waals surface area contributed by atoms with Crippen molar-refractivity contribution in [2.75, 3.05) is 25.6 Å². The van der Waals surface area contributed by atoms with Crippen LogP contribution in [0.1, 0.15) is 31.7 Å². The second-order valence-corrected chi connectivity index (χ2v) is 5.62. The molecule has 0 heterocycles. The number of guanidine groups is 1. The summed E-state index contributed by atoms with van der Waals surface area (Å²) < 4.78 is 5.15. The number of ether oxygens (including phenoxy) is 1. The van der Waals surface area contributed by atoms with Crippen molar-refractivity contribution in [3.63, 3.8) is 0 Å². The summed E-state index contributed by atoms with van der Waals surface area (Å²) in [6, 6.07) is 8.28. The van der Waals surface area contributed by atoms with Gasteiger partial charge >= 0.3 is 0 Å². The molecule has 3 N–H and O–H groups in total. The molecule has 1 fully saturated rings. The summed E-state index contributed by atoms with van der Waals surface area (Å²) >= 11 is 0. The molecule has 0 spiro atoms. The van der Waals surface area contributed by atoms with E-state index < -0.39 is 0 Å². The fourth-order valence-electron chi connectivity index (χ4n) is 2.29. The lowest BCUT2D eigenvalue weighted by atomic mass is 10.0. The maximum atomic E-state index is 5.97. The number of anilines is 1. The van der Waals surface area contributed by atoms with E-state index in [1.807, 2.05) is 12.1 Å². The number of nitrogens with one attached hydrogen (secondary N) is 1. The Balaban J connectivity index is 0.00000220. The van der Waals surface area contributed by atoms with Crippen molar-refractivity contribution in [1.82, 2.24) is 0 Å². The van der Waals surface area contributed by atoms with E-state index in [9.17, 15) is 0 Å². The molecule has 0 amide bonds. The molecule has 2 rings (SSSR count). The molecule has 0 atom stereocenters. The van der Waals surface area contributed by atoms with Gasteiger partial charge in [0.1, 0.15) is 0 Å². The first-order chi connectivity index (χ1) is 9.67. The maximum Gasteiger partial charge on any atom is 0.193 e. The van der Waals surface area contributed by atoms with Gasteiger partial charge in [0.2, 0.25) is 0 Å². The Hall–Kier alpha value is -0.820. The number of methoxy groups -OCH3 is 1. The van der Waals surface area contributed by atoms with Crippen LogP contribution in [0, 0.1) is 5.41 Å². The van der Waals surface area contributed by atoms with Gasteiger partial charge in [-0.1, -0.05) is 19.1 Å². The third-order valence-corrected chi connectivity index (χ3v) is 3.99. The van der Waals surface area contributed by atoms with Crippen LogP contribution < -0.4 is 11.1 Å². The van der Waals surface area contributed by atoms with Gasteiger partial charge in [0.25, 0.3) is 0 Å². The molecule has 0 aliphatic heterocycles. The zero-order valence-electron chi connectivity index (χ0n) is 12.9. The summed E-state index contributed by atoms with van der Waals surface area (Å²) in [5.74, 6) is 0.502. The first kappa shape index (κ1) is 18.2. The third kappa shape index (κ3) is 5.82. The molecule has 1 aromatic rings. The summed E-state index contributed by atoms with van der Waals surface area (Å²) in [6.07, 6.45) is 4.56. The number of rotatable bonds is 7. The van der Waals surface area contributed by atoms with Gasteiger partial charge in [-0.3, -0.25) is 4.99 Å². The van der Waals surface area contributed by atoms with Crippen molar-refractivity contribution in [3.05, 3.63) is 29.8 Å². The quantitative estimate of drug-likeness (QED) is 0.417. The number of hydrogen-bond acceptors (Lipinski definition) is 2. The predicted molar refractivity (Wildman–Crippen MR) is 99.5 cm³/mol. The molecule has 1 aliphatic carbocycles. The van der Waals surface area contributed by atoms with Crippen LogP contribution in [0.3, 0.4) is 0 Å². The summed E-state index contributed by atoms with van der Waals surface area (Å²) in [7, 11) is 1.75. The Morgan fingerprint density at radius 3 is 2.81 bits per heavy atom. The Morgan fingerprint density at radius 2 is 2.19 bits per heavy atom. The molecule has 0 saturated heterocycles. The molecule has 1 aromatic carbocycles. The highest BCUT2D eigenvalue weighted by Gasteiger charge is 2.41. The van der Waals surface area contributed by atoms with Gasteiger partial charge in [-0.25, -0.2) is 0 Å². The minimum atomic E-state index is 0. The van der Waals surface area contributed by atoms with E-state index in [1.54, 1.807) is 7.11 Å². The Morgan fingerprint density at radius 1 is 1.43 bits per heavy atom. The molecule has 0 radical (unpaired) electrons. The fraction of sp³-hybridized carbons (Fsp3) is 0.562. The number of aryl methyl sites for hydroxylation is 1. The number of benzene rings is 1. The van der Waals surface area contributed by atoms with E-state index in [4.69, 9.17) is 10.5 Å². The predicted octanol–water partition coefficient (Wildman–Crippen LogP) is 3.41. The van der Waals surface area contributed by atoms with Crippen molar-refractivity contribution in [1.29, 1.82) is 0 Å². The fourth-order valence-corrected chi connectivity index (χ4v) is 2.29. The minimum absolute atomic E-state index is 0. The lowest BCUT2D eigenvalue weighted by Crippen LogP contribution is -2.24. The molecule has 118 valence electrons. The van der Waals surface area contributed by atoms with E-state index in [1.165, 1.54) is 18.4 Å². The van der Waals surface area contributed by atoms with Crippen LogP contribution in [-0.2, 0) is 11.2 Å².